The molecular formula is C12H19N3O. The van der Waals surface area contributed by atoms with E-state index >= 15 is 0 Å². The van der Waals surface area contributed by atoms with Gasteiger partial charge in [0.15, 0.2) is 0 Å². The number of ether oxygens (including phenoxy) is 1. The second-order valence-electron chi connectivity index (χ2n) is 4.31. The zero-order chi connectivity index (χ0) is 11.4. The van der Waals surface area contributed by atoms with Crippen molar-refractivity contribution in [3.63, 3.8) is 0 Å². The topological polar surface area (TPSA) is 51.4 Å². The SMILES string of the molecule is CN1CCCC1CCOc1ncccc1N. The van der Waals surface area contributed by atoms with Gasteiger partial charge in [-0.05, 0) is 45.0 Å². The molecule has 1 aromatic heterocycles. The molecule has 0 aliphatic carbocycles. The summed E-state index contributed by atoms with van der Waals surface area (Å²) in [4.78, 5) is 6.49. The maximum atomic E-state index is 5.74. The summed E-state index contributed by atoms with van der Waals surface area (Å²) in [5, 5.41) is 0. The summed E-state index contributed by atoms with van der Waals surface area (Å²) in [5.41, 5.74) is 6.36. The number of likely N-dealkylation sites (tertiary alicyclic amines) is 1. The van der Waals surface area contributed by atoms with Gasteiger partial charge in [-0.15, -0.1) is 0 Å². The first-order valence-electron chi connectivity index (χ1n) is 5.81. The summed E-state index contributed by atoms with van der Waals surface area (Å²) in [6.45, 7) is 1.90. The highest BCUT2D eigenvalue weighted by Crippen LogP contribution is 2.20. The minimum Gasteiger partial charge on any atom is -0.476 e. The van der Waals surface area contributed by atoms with Gasteiger partial charge >= 0.3 is 0 Å². The van der Waals surface area contributed by atoms with Gasteiger partial charge in [0.1, 0.15) is 0 Å². The highest BCUT2D eigenvalue weighted by Gasteiger charge is 2.20. The van der Waals surface area contributed by atoms with E-state index in [1.807, 2.05) is 12.1 Å². The van der Waals surface area contributed by atoms with Crippen LogP contribution in [0.3, 0.4) is 0 Å². The quantitative estimate of drug-likeness (QED) is 0.837. The van der Waals surface area contributed by atoms with E-state index in [1.165, 1.54) is 19.4 Å². The highest BCUT2D eigenvalue weighted by atomic mass is 16.5. The molecule has 0 saturated carbocycles. The van der Waals surface area contributed by atoms with Crippen LogP contribution in [0.15, 0.2) is 18.3 Å². The highest BCUT2D eigenvalue weighted by molar-refractivity contribution is 5.46. The van der Waals surface area contributed by atoms with Crippen LogP contribution >= 0.6 is 0 Å². The standard InChI is InChI=1S/C12H19N3O/c1-15-8-3-4-10(15)6-9-16-12-11(13)5-2-7-14-12/h2,5,7,10H,3-4,6,8-9,13H2,1H3. The summed E-state index contributed by atoms with van der Waals surface area (Å²) < 4.78 is 5.58. The molecule has 2 heterocycles. The van der Waals surface area contributed by atoms with E-state index in [2.05, 4.69) is 16.9 Å². The first-order valence-corrected chi connectivity index (χ1v) is 5.81. The molecule has 4 heteroatoms. The Bertz CT molecular complexity index is 343. The summed E-state index contributed by atoms with van der Waals surface area (Å²) in [6.07, 6.45) is 5.32. The van der Waals surface area contributed by atoms with E-state index in [-0.39, 0.29) is 0 Å². The average Bonchev–Trinajstić information content (AvgIpc) is 2.67. The first kappa shape index (κ1) is 11.2. The molecule has 1 atom stereocenters. The second-order valence-corrected chi connectivity index (χ2v) is 4.31. The Hall–Kier alpha value is -1.29. The molecule has 2 N–H and O–H groups in total. The molecule has 16 heavy (non-hydrogen) atoms. The van der Waals surface area contributed by atoms with E-state index < -0.39 is 0 Å². The molecule has 0 bridgehead atoms. The number of rotatable bonds is 4. The Morgan fingerprint density at radius 2 is 2.50 bits per heavy atom. The van der Waals surface area contributed by atoms with Crippen molar-refractivity contribution < 1.29 is 4.74 Å². The molecule has 1 unspecified atom stereocenters. The predicted octanol–water partition coefficient (Wildman–Crippen LogP) is 1.53. The molecule has 0 radical (unpaired) electrons. The lowest BCUT2D eigenvalue weighted by Crippen LogP contribution is -2.26. The van der Waals surface area contributed by atoms with Gasteiger partial charge in [-0.1, -0.05) is 0 Å². The number of nitrogens with two attached hydrogens (primary N) is 1. The smallest absolute Gasteiger partial charge is 0.237 e. The molecular weight excluding hydrogens is 202 g/mol. The zero-order valence-corrected chi connectivity index (χ0v) is 9.72. The van der Waals surface area contributed by atoms with Crippen molar-refractivity contribution in [2.45, 2.75) is 25.3 Å². The Morgan fingerprint density at radius 3 is 3.19 bits per heavy atom. The van der Waals surface area contributed by atoms with Crippen molar-refractivity contribution in [1.82, 2.24) is 9.88 Å². The predicted molar refractivity (Wildman–Crippen MR) is 64.4 cm³/mol. The van der Waals surface area contributed by atoms with Crippen LogP contribution in [0.1, 0.15) is 19.3 Å². The number of hydrogen-bond acceptors (Lipinski definition) is 4. The second kappa shape index (κ2) is 5.16. The van der Waals surface area contributed by atoms with Gasteiger partial charge in [0.2, 0.25) is 5.88 Å². The fraction of sp³-hybridized carbons (Fsp3) is 0.583. The van der Waals surface area contributed by atoms with Crippen LogP contribution in [-0.2, 0) is 0 Å². The number of aromatic nitrogens is 1. The van der Waals surface area contributed by atoms with Crippen molar-refractivity contribution in [2.24, 2.45) is 0 Å². The summed E-state index contributed by atoms with van der Waals surface area (Å²) in [6, 6.07) is 4.28. The molecule has 1 aliphatic rings. The third-order valence-corrected chi connectivity index (χ3v) is 3.16. The van der Waals surface area contributed by atoms with E-state index in [4.69, 9.17) is 10.5 Å². The number of anilines is 1. The lowest BCUT2D eigenvalue weighted by atomic mass is 10.1. The number of hydrogen-bond donors (Lipinski definition) is 1. The zero-order valence-electron chi connectivity index (χ0n) is 9.72. The maximum Gasteiger partial charge on any atom is 0.237 e. The minimum absolute atomic E-state index is 0.558. The van der Waals surface area contributed by atoms with Gasteiger partial charge in [-0.2, -0.15) is 0 Å². The summed E-state index contributed by atoms with van der Waals surface area (Å²) in [7, 11) is 2.17. The largest absolute Gasteiger partial charge is 0.476 e. The van der Waals surface area contributed by atoms with Crippen molar-refractivity contribution in [1.29, 1.82) is 0 Å². The molecule has 4 nitrogen and oxygen atoms in total. The molecule has 1 saturated heterocycles. The molecule has 2 rings (SSSR count). The van der Waals surface area contributed by atoms with Crippen molar-refractivity contribution in [3.8, 4) is 5.88 Å². The van der Waals surface area contributed by atoms with E-state index in [0.29, 0.717) is 24.2 Å². The Morgan fingerprint density at radius 1 is 1.62 bits per heavy atom. The Labute approximate surface area is 96.4 Å². The third-order valence-electron chi connectivity index (χ3n) is 3.16. The van der Waals surface area contributed by atoms with Crippen LogP contribution in [0.5, 0.6) is 5.88 Å². The minimum atomic E-state index is 0.558. The molecule has 1 aromatic rings. The van der Waals surface area contributed by atoms with Crippen LogP contribution in [0, 0.1) is 0 Å². The molecule has 0 amide bonds. The lowest BCUT2D eigenvalue weighted by Gasteiger charge is -2.19. The van der Waals surface area contributed by atoms with Crippen LogP contribution in [0.2, 0.25) is 0 Å². The van der Waals surface area contributed by atoms with E-state index in [0.717, 1.165) is 6.42 Å². The average molecular weight is 221 g/mol. The van der Waals surface area contributed by atoms with Gasteiger partial charge in [0.05, 0.1) is 12.3 Å². The van der Waals surface area contributed by atoms with Crippen LogP contribution in [0.25, 0.3) is 0 Å². The third kappa shape index (κ3) is 2.64. The van der Waals surface area contributed by atoms with Gasteiger partial charge in [0, 0.05) is 12.2 Å². The molecule has 88 valence electrons. The fourth-order valence-corrected chi connectivity index (χ4v) is 2.16. The van der Waals surface area contributed by atoms with Crippen LogP contribution in [0.4, 0.5) is 5.69 Å². The van der Waals surface area contributed by atoms with Crippen LogP contribution in [-0.4, -0.2) is 36.1 Å². The lowest BCUT2D eigenvalue weighted by molar-refractivity contribution is 0.229. The van der Waals surface area contributed by atoms with E-state index in [9.17, 15) is 0 Å². The summed E-state index contributed by atoms with van der Waals surface area (Å²) in [5.74, 6) is 0.558. The van der Waals surface area contributed by atoms with E-state index in [1.54, 1.807) is 6.20 Å². The normalized spacial score (nSPS) is 21.2. The monoisotopic (exact) mass is 221 g/mol. The van der Waals surface area contributed by atoms with Gasteiger partial charge in [0.25, 0.3) is 0 Å². The van der Waals surface area contributed by atoms with Crippen molar-refractivity contribution in [2.75, 3.05) is 25.9 Å². The van der Waals surface area contributed by atoms with Gasteiger partial charge < -0.3 is 15.4 Å². The number of pyridine rings is 1. The Balaban J connectivity index is 1.78. The van der Waals surface area contributed by atoms with Gasteiger partial charge in [-0.3, -0.25) is 0 Å². The molecule has 0 spiro atoms. The molecule has 1 aliphatic heterocycles. The van der Waals surface area contributed by atoms with Crippen LogP contribution < -0.4 is 10.5 Å². The Kier molecular flexibility index (Phi) is 3.62. The van der Waals surface area contributed by atoms with Crippen molar-refractivity contribution >= 4 is 5.69 Å². The first-order chi connectivity index (χ1) is 7.77. The molecule has 0 aromatic carbocycles. The molecule has 1 fully saturated rings. The van der Waals surface area contributed by atoms with Crippen molar-refractivity contribution in [3.05, 3.63) is 18.3 Å². The maximum absolute atomic E-state index is 5.74. The number of nitrogen functional groups attached to an aromatic ring is 1. The van der Waals surface area contributed by atoms with Gasteiger partial charge in [-0.25, -0.2) is 4.98 Å². The fourth-order valence-electron chi connectivity index (χ4n) is 2.16. The summed E-state index contributed by atoms with van der Waals surface area (Å²) >= 11 is 0. The number of nitrogens with zero attached hydrogens (tertiary/aromatic N) is 2.